The molecular formula is C18H20BrN3O2. The Bertz CT molecular complexity index is 667. The SMILES string of the molecule is C=C/C=C(\C=C)NC(=O)NC1CCCN(c2ccc(Br)cc2)C1=O. The number of anilines is 1. The number of carbonyl (C=O) groups excluding carboxylic acids is 2. The summed E-state index contributed by atoms with van der Waals surface area (Å²) in [5.41, 5.74) is 1.35. The lowest BCUT2D eigenvalue weighted by molar-refractivity contribution is -0.121. The van der Waals surface area contributed by atoms with Gasteiger partial charge in [0.05, 0.1) is 0 Å². The molecule has 1 fully saturated rings. The Balaban J connectivity index is 2.03. The molecular weight excluding hydrogens is 370 g/mol. The Hall–Kier alpha value is -2.34. The second kappa shape index (κ2) is 8.49. The molecule has 24 heavy (non-hydrogen) atoms. The van der Waals surface area contributed by atoms with Crippen LogP contribution in [0.3, 0.4) is 0 Å². The summed E-state index contributed by atoms with van der Waals surface area (Å²) >= 11 is 3.38. The molecule has 6 heteroatoms. The van der Waals surface area contributed by atoms with Gasteiger partial charge in [0, 0.05) is 22.4 Å². The molecule has 2 N–H and O–H groups in total. The van der Waals surface area contributed by atoms with Gasteiger partial charge in [0.25, 0.3) is 0 Å². The predicted octanol–water partition coefficient (Wildman–Crippen LogP) is 3.50. The monoisotopic (exact) mass is 389 g/mol. The number of nitrogens with zero attached hydrogens (tertiary/aromatic N) is 1. The number of piperidine rings is 1. The molecule has 5 nitrogen and oxygen atoms in total. The van der Waals surface area contributed by atoms with Gasteiger partial charge in [-0.15, -0.1) is 0 Å². The van der Waals surface area contributed by atoms with Crippen molar-refractivity contribution in [1.29, 1.82) is 0 Å². The lowest BCUT2D eigenvalue weighted by Gasteiger charge is -2.32. The van der Waals surface area contributed by atoms with Crippen LogP contribution in [0.5, 0.6) is 0 Å². The molecule has 1 heterocycles. The summed E-state index contributed by atoms with van der Waals surface area (Å²) in [5, 5.41) is 5.37. The molecule has 0 aromatic heterocycles. The molecule has 1 aliphatic heterocycles. The highest BCUT2D eigenvalue weighted by Gasteiger charge is 2.30. The van der Waals surface area contributed by atoms with Crippen molar-refractivity contribution in [3.63, 3.8) is 0 Å². The third kappa shape index (κ3) is 4.58. The molecule has 1 atom stereocenters. The zero-order chi connectivity index (χ0) is 17.5. The summed E-state index contributed by atoms with van der Waals surface area (Å²) in [7, 11) is 0. The van der Waals surface area contributed by atoms with E-state index in [0.717, 1.165) is 16.6 Å². The first-order chi connectivity index (χ1) is 11.5. The van der Waals surface area contributed by atoms with Crippen LogP contribution in [0.4, 0.5) is 10.5 Å². The first kappa shape index (κ1) is 18.0. The van der Waals surface area contributed by atoms with Gasteiger partial charge >= 0.3 is 6.03 Å². The van der Waals surface area contributed by atoms with Gasteiger partial charge in [-0.3, -0.25) is 4.79 Å². The van der Waals surface area contributed by atoms with Crippen LogP contribution in [0.15, 0.2) is 65.8 Å². The van der Waals surface area contributed by atoms with E-state index in [1.807, 2.05) is 24.3 Å². The van der Waals surface area contributed by atoms with Crippen LogP contribution in [0.1, 0.15) is 12.8 Å². The van der Waals surface area contributed by atoms with Gasteiger partial charge in [-0.2, -0.15) is 0 Å². The fourth-order valence-electron chi connectivity index (χ4n) is 2.50. The van der Waals surface area contributed by atoms with Crippen molar-refractivity contribution in [2.24, 2.45) is 0 Å². The van der Waals surface area contributed by atoms with E-state index in [0.29, 0.717) is 18.7 Å². The van der Waals surface area contributed by atoms with Crippen LogP contribution in [0.2, 0.25) is 0 Å². The zero-order valence-corrected chi connectivity index (χ0v) is 14.9. The van der Waals surface area contributed by atoms with Crippen LogP contribution in [-0.2, 0) is 4.79 Å². The number of hydrogen-bond donors (Lipinski definition) is 2. The molecule has 0 aliphatic carbocycles. The molecule has 1 aliphatic rings. The molecule has 3 amide bonds. The Morgan fingerprint density at radius 2 is 2.00 bits per heavy atom. The van der Waals surface area contributed by atoms with E-state index in [9.17, 15) is 9.59 Å². The quantitative estimate of drug-likeness (QED) is 0.756. The van der Waals surface area contributed by atoms with E-state index < -0.39 is 12.1 Å². The molecule has 1 unspecified atom stereocenters. The lowest BCUT2D eigenvalue weighted by atomic mass is 10.0. The minimum Gasteiger partial charge on any atom is -0.326 e. The number of allylic oxidation sites excluding steroid dienone is 3. The summed E-state index contributed by atoms with van der Waals surface area (Å²) in [4.78, 5) is 26.4. The van der Waals surface area contributed by atoms with Crippen molar-refractivity contribution < 1.29 is 9.59 Å². The molecule has 1 aromatic carbocycles. The molecule has 0 saturated carbocycles. The Labute approximate surface area is 150 Å². The van der Waals surface area contributed by atoms with Crippen LogP contribution in [0.25, 0.3) is 0 Å². The molecule has 0 radical (unpaired) electrons. The van der Waals surface area contributed by atoms with Gasteiger partial charge in [-0.05, 0) is 49.3 Å². The number of halogens is 1. The third-order valence-corrected chi connectivity index (χ3v) is 4.19. The fourth-order valence-corrected chi connectivity index (χ4v) is 2.76. The minimum atomic E-state index is -0.544. The molecule has 0 spiro atoms. The molecule has 0 bridgehead atoms. The molecule has 1 aromatic rings. The summed E-state index contributed by atoms with van der Waals surface area (Å²) in [6.07, 6.45) is 6.14. The van der Waals surface area contributed by atoms with E-state index in [2.05, 4.69) is 39.7 Å². The van der Waals surface area contributed by atoms with Crippen molar-refractivity contribution in [3.05, 3.63) is 65.8 Å². The number of urea groups is 1. The van der Waals surface area contributed by atoms with Gasteiger partial charge in [-0.25, -0.2) is 4.79 Å². The van der Waals surface area contributed by atoms with E-state index in [1.165, 1.54) is 6.08 Å². The fraction of sp³-hybridized carbons (Fsp3) is 0.222. The average Bonchev–Trinajstić information content (AvgIpc) is 2.57. The first-order valence-electron chi connectivity index (χ1n) is 7.64. The van der Waals surface area contributed by atoms with Crippen molar-refractivity contribution in [1.82, 2.24) is 10.6 Å². The van der Waals surface area contributed by atoms with Crippen molar-refractivity contribution in [2.75, 3.05) is 11.4 Å². The largest absolute Gasteiger partial charge is 0.326 e. The topological polar surface area (TPSA) is 61.4 Å². The number of nitrogens with one attached hydrogen (secondary N) is 2. The maximum atomic E-state index is 12.6. The van der Waals surface area contributed by atoms with Crippen molar-refractivity contribution in [2.45, 2.75) is 18.9 Å². The van der Waals surface area contributed by atoms with Crippen LogP contribution in [0, 0.1) is 0 Å². The van der Waals surface area contributed by atoms with Crippen LogP contribution >= 0.6 is 15.9 Å². The summed E-state index contributed by atoms with van der Waals surface area (Å²) in [5.74, 6) is -0.105. The molecule has 1 saturated heterocycles. The Morgan fingerprint density at radius 1 is 1.29 bits per heavy atom. The Kier molecular flexibility index (Phi) is 6.37. The summed E-state index contributed by atoms with van der Waals surface area (Å²) < 4.78 is 0.954. The van der Waals surface area contributed by atoms with Gasteiger partial charge in [0.2, 0.25) is 5.91 Å². The summed E-state index contributed by atoms with van der Waals surface area (Å²) in [6.45, 7) is 7.84. The van der Waals surface area contributed by atoms with Gasteiger partial charge in [0.1, 0.15) is 6.04 Å². The second-order valence-corrected chi connectivity index (χ2v) is 6.24. The number of amides is 3. The summed E-state index contributed by atoms with van der Waals surface area (Å²) in [6, 6.07) is 6.57. The lowest BCUT2D eigenvalue weighted by Crippen LogP contribution is -2.54. The standard InChI is InChI=1S/C18H20BrN3O2/c1-3-6-14(4-2)20-18(24)21-16-7-5-12-22(17(16)23)15-10-8-13(19)9-11-15/h3-4,6,8-11,16H,1-2,5,7,12H2,(H2,20,21,24)/b14-6+. The normalized spacial score (nSPS) is 18.0. The van der Waals surface area contributed by atoms with Crippen LogP contribution < -0.4 is 15.5 Å². The third-order valence-electron chi connectivity index (χ3n) is 3.66. The second-order valence-electron chi connectivity index (χ2n) is 5.32. The van der Waals surface area contributed by atoms with E-state index in [1.54, 1.807) is 17.1 Å². The number of benzene rings is 1. The highest BCUT2D eigenvalue weighted by atomic mass is 79.9. The van der Waals surface area contributed by atoms with E-state index in [4.69, 9.17) is 0 Å². The zero-order valence-electron chi connectivity index (χ0n) is 13.3. The minimum absolute atomic E-state index is 0.105. The van der Waals surface area contributed by atoms with Crippen molar-refractivity contribution in [3.8, 4) is 0 Å². The van der Waals surface area contributed by atoms with Gasteiger partial charge < -0.3 is 15.5 Å². The average molecular weight is 390 g/mol. The Morgan fingerprint density at radius 3 is 2.62 bits per heavy atom. The number of hydrogen-bond acceptors (Lipinski definition) is 2. The number of rotatable bonds is 5. The maximum Gasteiger partial charge on any atom is 0.319 e. The highest BCUT2D eigenvalue weighted by molar-refractivity contribution is 9.10. The highest BCUT2D eigenvalue weighted by Crippen LogP contribution is 2.23. The molecule has 126 valence electrons. The maximum absolute atomic E-state index is 12.6. The van der Waals surface area contributed by atoms with Crippen molar-refractivity contribution >= 4 is 33.6 Å². The van der Waals surface area contributed by atoms with E-state index >= 15 is 0 Å². The van der Waals surface area contributed by atoms with Crippen LogP contribution in [-0.4, -0.2) is 24.5 Å². The number of carbonyl (C=O) groups is 2. The van der Waals surface area contributed by atoms with Gasteiger partial charge in [0.15, 0.2) is 0 Å². The van der Waals surface area contributed by atoms with E-state index in [-0.39, 0.29) is 5.91 Å². The van der Waals surface area contributed by atoms with Gasteiger partial charge in [-0.1, -0.05) is 35.2 Å². The first-order valence-corrected chi connectivity index (χ1v) is 8.44. The predicted molar refractivity (Wildman–Crippen MR) is 99.7 cm³/mol. The smallest absolute Gasteiger partial charge is 0.319 e. The molecule has 2 rings (SSSR count).